The van der Waals surface area contributed by atoms with E-state index in [1.807, 2.05) is 0 Å². The number of nitro groups is 1. The molecule has 1 saturated carbocycles. The van der Waals surface area contributed by atoms with Crippen LogP contribution in [0, 0.1) is 10.1 Å². The molecule has 1 aliphatic carbocycles. The van der Waals surface area contributed by atoms with Crippen LogP contribution < -0.4 is 11.1 Å². The lowest BCUT2D eigenvalue weighted by molar-refractivity contribution is -0.384. The normalized spacial score (nSPS) is 14.7. The molecule has 0 bridgehead atoms. The molecular weight excluding hydrogens is 330 g/mol. The molecule has 0 atom stereocenters. The second-order valence-corrected chi connectivity index (χ2v) is 6.87. The number of hydrogen-bond donors (Lipinski definition) is 2. The Balaban J connectivity index is 1.64. The molecule has 3 N–H and O–H groups in total. The molecule has 132 valence electrons. The van der Waals surface area contributed by atoms with E-state index in [0.29, 0.717) is 11.8 Å². The van der Waals surface area contributed by atoms with E-state index in [9.17, 15) is 14.9 Å². The first-order valence-corrected chi connectivity index (χ1v) is 9.25. The van der Waals surface area contributed by atoms with E-state index < -0.39 is 4.92 Å². The number of anilines is 2. The van der Waals surface area contributed by atoms with Crippen LogP contribution in [0.4, 0.5) is 17.1 Å². The molecule has 0 spiro atoms. The van der Waals surface area contributed by atoms with Gasteiger partial charge in [0.25, 0.3) is 5.69 Å². The third kappa shape index (κ3) is 6.01. The van der Waals surface area contributed by atoms with Crippen LogP contribution in [0.5, 0.6) is 0 Å². The zero-order valence-electron chi connectivity index (χ0n) is 13.5. The molecule has 0 radical (unpaired) electrons. The van der Waals surface area contributed by atoms with Gasteiger partial charge in [0.2, 0.25) is 5.91 Å². The largest absolute Gasteiger partial charge is 0.397 e. The van der Waals surface area contributed by atoms with Gasteiger partial charge in [-0.1, -0.05) is 12.8 Å². The molecule has 0 unspecified atom stereocenters. The minimum Gasteiger partial charge on any atom is -0.397 e. The fourth-order valence-corrected chi connectivity index (χ4v) is 3.31. The second-order valence-electron chi connectivity index (χ2n) is 5.76. The number of nitrogens with two attached hydrogens (primary N) is 1. The van der Waals surface area contributed by atoms with E-state index in [1.165, 1.54) is 55.6 Å². The van der Waals surface area contributed by atoms with Crippen molar-refractivity contribution < 1.29 is 14.5 Å². The molecule has 1 aliphatic rings. The molecule has 0 saturated heterocycles. The highest BCUT2D eigenvalue weighted by molar-refractivity contribution is 7.99. The van der Waals surface area contributed by atoms with Crippen molar-refractivity contribution in [1.29, 1.82) is 0 Å². The summed E-state index contributed by atoms with van der Waals surface area (Å²) in [5, 5.41) is 13.4. The van der Waals surface area contributed by atoms with E-state index in [2.05, 4.69) is 5.32 Å². The second kappa shape index (κ2) is 9.48. The smallest absolute Gasteiger partial charge is 0.271 e. The van der Waals surface area contributed by atoms with Gasteiger partial charge in [-0.3, -0.25) is 14.9 Å². The van der Waals surface area contributed by atoms with Gasteiger partial charge in [-0.2, -0.15) is 11.8 Å². The zero-order chi connectivity index (χ0) is 17.4. The number of nitrogens with zero attached hydrogens (tertiary/aromatic N) is 1. The van der Waals surface area contributed by atoms with Gasteiger partial charge < -0.3 is 15.8 Å². The summed E-state index contributed by atoms with van der Waals surface area (Å²) in [4.78, 5) is 22.1. The Morgan fingerprint density at radius 1 is 1.42 bits per heavy atom. The number of carbonyl (C=O) groups excluding carboxylic acids is 1. The molecule has 8 heteroatoms. The standard InChI is InChI=1S/C16H23N3O4S/c17-14-7-6-12(19(21)22)10-15(14)18-16(20)11-24-9-3-8-23-13-4-1-2-5-13/h6-7,10,13H,1-5,8-9,11,17H2,(H,18,20). The highest BCUT2D eigenvalue weighted by Crippen LogP contribution is 2.24. The van der Waals surface area contributed by atoms with E-state index in [-0.39, 0.29) is 23.0 Å². The predicted molar refractivity (Wildman–Crippen MR) is 96.3 cm³/mol. The number of carbonyl (C=O) groups is 1. The fourth-order valence-electron chi connectivity index (χ4n) is 2.58. The van der Waals surface area contributed by atoms with Crippen molar-refractivity contribution >= 4 is 34.7 Å². The maximum atomic E-state index is 11.9. The van der Waals surface area contributed by atoms with Crippen LogP contribution in [0.3, 0.4) is 0 Å². The monoisotopic (exact) mass is 353 g/mol. The number of nitrogens with one attached hydrogen (secondary N) is 1. The molecule has 1 amide bonds. The Labute approximate surface area is 145 Å². The third-order valence-corrected chi connectivity index (χ3v) is 4.89. The first kappa shape index (κ1) is 18.5. The third-order valence-electron chi connectivity index (χ3n) is 3.84. The lowest BCUT2D eigenvalue weighted by Crippen LogP contribution is -2.16. The SMILES string of the molecule is Nc1ccc([N+](=O)[O-])cc1NC(=O)CSCCCOC1CCCC1. The topological polar surface area (TPSA) is 107 Å². The molecule has 1 aromatic carbocycles. The summed E-state index contributed by atoms with van der Waals surface area (Å²) in [6.07, 6.45) is 6.20. The number of ether oxygens (including phenoxy) is 1. The lowest BCUT2D eigenvalue weighted by Gasteiger charge is -2.10. The highest BCUT2D eigenvalue weighted by Gasteiger charge is 2.15. The molecule has 0 aromatic heterocycles. The molecule has 2 rings (SSSR count). The molecule has 24 heavy (non-hydrogen) atoms. The van der Waals surface area contributed by atoms with Crippen molar-refractivity contribution in [3.05, 3.63) is 28.3 Å². The van der Waals surface area contributed by atoms with Gasteiger partial charge in [-0.25, -0.2) is 0 Å². The number of thioether (sulfide) groups is 1. The van der Waals surface area contributed by atoms with Crippen molar-refractivity contribution in [3.63, 3.8) is 0 Å². The Kier molecular flexibility index (Phi) is 7.33. The minimum absolute atomic E-state index is 0.101. The number of benzene rings is 1. The van der Waals surface area contributed by atoms with Crippen LogP contribution in [0.2, 0.25) is 0 Å². The fraction of sp³-hybridized carbons (Fsp3) is 0.562. The summed E-state index contributed by atoms with van der Waals surface area (Å²) < 4.78 is 5.76. The van der Waals surface area contributed by atoms with Crippen molar-refractivity contribution in [2.75, 3.05) is 29.2 Å². The maximum Gasteiger partial charge on any atom is 0.271 e. The number of nitro benzene ring substituents is 1. The van der Waals surface area contributed by atoms with Crippen LogP contribution >= 0.6 is 11.8 Å². The van der Waals surface area contributed by atoms with Gasteiger partial charge in [0.05, 0.1) is 28.2 Å². The zero-order valence-corrected chi connectivity index (χ0v) is 14.3. The first-order chi connectivity index (χ1) is 11.6. The van der Waals surface area contributed by atoms with Crippen LogP contribution in [0.25, 0.3) is 0 Å². The van der Waals surface area contributed by atoms with E-state index in [0.717, 1.165) is 18.8 Å². The number of non-ortho nitro benzene ring substituents is 1. The summed E-state index contributed by atoms with van der Waals surface area (Å²) in [6, 6.07) is 4.00. The quantitative estimate of drug-likeness (QED) is 0.305. The van der Waals surface area contributed by atoms with Gasteiger partial charge in [0, 0.05) is 18.7 Å². The van der Waals surface area contributed by atoms with Crippen molar-refractivity contribution in [3.8, 4) is 0 Å². The summed E-state index contributed by atoms with van der Waals surface area (Å²) in [5.41, 5.74) is 6.22. The maximum absolute atomic E-state index is 11.9. The number of rotatable bonds is 9. The van der Waals surface area contributed by atoms with Crippen LogP contribution in [-0.2, 0) is 9.53 Å². The van der Waals surface area contributed by atoms with Gasteiger partial charge >= 0.3 is 0 Å². The lowest BCUT2D eigenvalue weighted by atomic mass is 10.2. The van der Waals surface area contributed by atoms with E-state index >= 15 is 0 Å². The van der Waals surface area contributed by atoms with E-state index in [4.69, 9.17) is 10.5 Å². The van der Waals surface area contributed by atoms with Gasteiger partial charge in [0.1, 0.15) is 0 Å². The molecule has 1 aromatic rings. The highest BCUT2D eigenvalue weighted by atomic mass is 32.2. The van der Waals surface area contributed by atoms with Crippen LogP contribution in [0.15, 0.2) is 18.2 Å². The summed E-state index contributed by atoms with van der Waals surface area (Å²) in [6.45, 7) is 0.733. The summed E-state index contributed by atoms with van der Waals surface area (Å²) in [5.74, 6) is 0.903. The van der Waals surface area contributed by atoms with Crippen LogP contribution in [0.1, 0.15) is 32.1 Å². The van der Waals surface area contributed by atoms with Gasteiger partial charge in [-0.15, -0.1) is 0 Å². The molecule has 0 heterocycles. The first-order valence-electron chi connectivity index (χ1n) is 8.09. The Morgan fingerprint density at radius 2 is 2.17 bits per heavy atom. The Bertz CT molecular complexity index is 576. The molecular formula is C16H23N3O4S. The van der Waals surface area contributed by atoms with Crippen molar-refractivity contribution in [1.82, 2.24) is 0 Å². The van der Waals surface area contributed by atoms with Crippen LogP contribution in [-0.4, -0.2) is 35.0 Å². The summed E-state index contributed by atoms with van der Waals surface area (Å²) >= 11 is 1.51. The number of hydrogen-bond acceptors (Lipinski definition) is 6. The van der Waals surface area contributed by atoms with Crippen molar-refractivity contribution in [2.45, 2.75) is 38.2 Å². The average molecular weight is 353 g/mol. The molecule has 1 fully saturated rings. The minimum atomic E-state index is -0.520. The van der Waals surface area contributed by atoms with Gasteiger partial charge in [0.15, 0.2) is 0 Å². The van der Waals surface area contributed by atoms with Gasteiger partial charge in [-0.05, 0) is 31.1 Å². The molecule has 7 nitrogen and oxygen atoms in total. The van der Waals surface area contributed by atoms with Crippen molar-refractivity contribution in [2.24, 2.45) is 0 Å². The summed E-state index contributed by atoms with van der Waals surface area (Å²) in [7, 11) is 0. The number of nitrogen functional groups attached to an aromatic ring is 1. The Hall–Kier alpha value is -1.80. The Morgan fingerprint density at radius 3 is 2.88 bits per heavy atom. The predicted octanol–water partition coefficient (Wildman–Crippen LogP) is 3.20. The average Bonchev–Trinajstić information content (AvgIpc) is 3.06. The number of amides is 1. The molecule has 0 aliphatic heterocycles. The van der Waals surface area contributed by atoms with E-state index in [1.54, 1.807) is 0 Å².